The highest BCUT2D eigenvalue weighted by Gasteiger charge is 2.05. The molecule has 3 aromatic rings. The first-order chi connectivity index (χ1) is 14.1. The minimum Gasteiger partial charge on any atom is -0.484 e. The molecular weight excluding hydrogens is 368 g/mol. The van der Waals surface area contributed by atoms with Crippen LogP contribution in [0.2, 0.25) is 0 Å². The molecule has 0 saturated heterocycles. The monoisotopic (exact) mass is 388 g/mol. The molecule has 0 unspecified atom stereocenters. The number of rotatable bonds is 7. The SMILES string of the molecule is CC(=O)Oc1ccccc1C=NNC(=O)COc1ccc(-c2ccccc2)cc1. The Morgan fingerprint density at radius 3 is 2.28 bits per heavy atom. The van der Waals surface area contributed by atoms with Crippen molar-refractivity contribution in [3.63, 3.8) is 0 Å². The van der Waals surface area contributed by atoms with E-state index in [9.17, 15) is 9.59 Å². The van der Waals surface area contributed by atoms with Crippen LogP contribution in [0.25, 0.3) is 11.1 Å². The minimum absolute atomic E-state index is 0.173. The highest BCUT2D eigenvalue weighted by atomic mass is 16.5. The van der Waals surface area contributed by atoms with Gasteiger partial charge in [-0.05, 0) is 35.4 Å². The van der Waals surface area contributed by atoms with E-state index < -0.39 is 11.9 Å². The maximum Gasteiger partial charge on any atom is 0.308 e. The fourth-order valence-electron chi connectivity index (χ4n) is 2.56. The molecule has 29 heavy (non-hydrogen) atoms. The Bertz CT molecular complexity index is 999. The summed E-state index contributed by atoms with van der Waals surface area (Å²) in [6.07, 6.45) is 1.41. The van der Waals surface area contributed by atoms with Crippen LogP contribution in [0.5, 0.6) is 11.5 Å². The number of hydrogen-bond donors (Lipinski definition) is 1. The number of ether oxygens (including phenoxy) is 2. The first-order valence-electron chi connectivity index (χ1n) is 8.99. The highest BCUT2D eigenvalue weighted by molar-refractivity contribution is 5.86. The maximum atomic E-state index is 11.9. The Labute approximate surface area is 168 Å². The number of nitrogens with one attached hydrogen (secondary N) is 1. The first-order valence-corrected chi connectivity index (χ1v) is 8.99. The molecule has 0 radical (unpaired) electrons. The molecule has 0 atom stereocenters. The molecule has 0 heterocycles. The number of para-hydroxylation sites is 1. The van der Waals surface area contributed by atoms with E-state index >= 15 is 0 Å². The fraction of sp³-hybridized carbons (Fsp3) is 0.0870. The van der Waals surface area contributed by atoms with E-state index in [-0.39, 0.29) is 6.61 Å². The van der Waals surface area contributed by atoms with E-state index in [1.165, 1.54) is 13.1 Å². The van der Waals surface area contributed by atoms with Crippen LogP contribution in [0.3, 0.4) is 0 Å². The van der Waals surface area contributed by atoms with Gasteiger partial charge < -0.3 is 9.47 Å². The van der Waals surface area contributed by atoms with Crippen molar-refractivity contribution < 1.29 is 19.1 Å². The number of hydrazone groups is 1. The molecule has 6 heteroatoms. The zero-order chi connectivity index (χ0) is 20.5. The van der Waals surface area contributed by atoms with Crippen LogP contribution in [0.4, 0.5) is 0 Å². The van der Waals surface area contributed by atoms with Crippen molar-refractivity contribution in [2.75, 3.05) is 6.61 Å². The van der Waals surface area contributed by atoms with Crippen molar-refractivity contribution in [3.8, 4) is 22.6 Å². The molecule has 0 aliphatic heterocycles. The average Bonchev–Trinajstić information content (AvgIpc) is 2.74. The van der Waals surface area contributed by atoms with E-state index in [1.54, 1.807) is 24.3 Å². The molecule has 0 aliphatic carbocycles. The third-order valence-corrected chi connectivity index (χ3v) is 3.90. The molecule has 1 N–H and O–H groups in total. The molecule has 0 spiro atoms. The Balaban J connectivity index is 1.50. The zero-order valence-corrected chi connectivity index (χ0v) is 15.9. The largest absolute Gasteiger partial charge is 0.484 e. The molecule has 1 amide bonds. The summed E-state index contributed by atoms with van der Waals surface area (Å²) in [6, 6.07) is 24.4. The van der Waals surface area contributed by atoms with Gasteiger partial charge in [0.25, 0.3) is 5.91 Å². The number of hydrogen-bond acceptors (Lipinski definition) is 5. The zero-order valence-electron chi connectivity index (χ0n) is 15.9. The lowest BCUT2D eigenvalue weighted by atomic mass is 10.1. The van der Waals surface area contributed by atoms with Crippen LogP contribution in [-0.4, -0.2) is 24.7 Å². The second-order valence-corrected chi connectivity index (χ2v) is 6.10. The van der Waals surface area contributed by atoms with Gasteiger partial charge in [0, 0.05) is 12.5 Å². The van der Waals surface area contributed by atoms with Gasteiger partial charge in [0.1, 0.15) is 11.5 Å². The molecule has 0 aliphatic rings. The Morgan fingerprint density at radius 2 is 1.55 bits per heavy atom. The molecular formula is C23H20N2O4. The standard InChI is InChI=1S/C23H20N2O4/c1-17(26)29-22-10-6-5-9-20(22)15-24-25-23(27)16-28-21-13-11-19(12-14-21)18-7-3-2-4-8-18/h2-15H,16H2,1H3,(H,25,27). The van der Waals surface area contributed by atoms with Crippen LogP contribution in [0.1, 0.15) is 12.5 Å². The second kappa shape index (κ2) is 9.85. The lowest BCUT2D eigenvalue weighted by Crippen LogP contribution is -2.24. The minimum atomic E-state index is -0.429. The van der Waals surface area contributed by atoms with Gasteiger partial charge in [-0.3, -0.25) is 9.59 Å². The van der Waals surface area contributed by atoms with E-state index in [1.807, 2.05) is 54.6 Å². The van der Waals surface area contributed by atoms with Gasteiger partial charge in [-0.1, -0.05) is 54.6 Å². The van der Waals surface area contributed by atoms with E-state index in [4.69, 9.17) is 9.47 Å². The first kappa shape index (κ1) is 19.8. The number of nitrogens with zero attached hydrogens (tertiary/aromatic N) is 1. The molecule has 6 nitrogen and oxygen atoms in total. The maximum absolute atomic E-state index is 11.9. The second-order valence-electron chi connectivity index (χ2n) is 6.10. The summed E-state index contributed by atoms with van der Waals surface area (Å²) in [5.74, 6) is 0.122. The average molecular weight is 388 g/mol. The quantitative estimate of drug-likeness (QED) is 0.289. The summed E-state index contributed by atoms with van der Waals surface area (Å²) in [4.78, 5) is 23.0. The third kappa shape index (κ3) is 6.04. The van der Waals surface area contributed by atoms with Crippen molar-refractivity contribution in [1.29, 1.82) is 0 Å². The summed E-state index contributed by atoms with van der Waals surface area (Å²) in [5, 5.41) is 3.88. The van der Waals surface area contributed by atoms with Crippen molar-refractivity contribution in [1.82, 2.24) is 5.43 Å². The fourth-order valence-corrected chi connectivity index (χ4v) is 2.56. The smallest absolute Gasteiger partial charge is 0.308 e. The number of esters is 1. The summed E-state index contributed by atoms with van der Waals surface area (Å²) >= 11 is 0. The van der Waals surface area contributed by atoms with Crippen LogP contribution in [0, 0.1) is 0 Å². The van der Waals surface area contributed by atoms with Gasteiger partial charge in [-0.2, -0.15) is 5.10 Å². The van der Waals surface area contributed by atoms with Crippen molar-refractivity contribution in [2.24, 2.45) is 5.10 Å². The van der Waals surface area contributed by atoms with Gasteiger partial charge in [-0.25, -0.2) is 5.43 Å². The van der Waals surface area contributed by atoms with Gasteiger partial charge in [0.15, 0.2) is 6.61 Å². The van der Waals surface area contributed by atoms with Gasteiger partial charge in [-0.15, -0.1) is 0 Å². The lowest BCUT2D eigenvalue weighted by Gasteiger charge is -2.07. The van der Waals surface area contributed by atoms with E-state index in [0.29, 0.717) is 17.1 Å². The van der Waals surface area contributed by atoms with Crippen LogP contribution in [0.15, 0.2) is 84.0 Å². The Hall–Kier alpha value is -3.93. The van der Waals surface area contributed by atoms with Gasteiger partial charge >= 0.3 is 5.97 Å². The molecule has 0 bridgehead atoms. The summed E-state index contributed by atoms with van der Waals surface area (Å²) in [7, 11) is 0. The number of amides is 1. The molecule has 0 aromatic heterocycles. The predicted molar refractivity (Wildman–Crippen MR) is 111 cm³/mol. The molecule has 0 saturated carbocycles. The van der Waals surface area contributed by atoms with Gasteiger partial charge in [0.05, 0.1) is 6.21 Å². The molecule has 3 rings (SSSR count). The van der Waals surface area contributed by atoms with Crippen LogP contribution in [-0.2, 0) is 9.59 Å². The lowest BCUT2D eigenvalue weighted by molar-refractivity contribution is -0.132. The summed E-state index contributed by atoms with van der Waals surface area (Å²) in [5.41, 5.74) is 5.13. The summed E-state index contributed by atoms with van der Waals surface area (Å²) < 4.78 is 10.6. The Kier molecular flexibility index (Phi) is 6.73. The van der Waals surface area contributed by atoms with Crippen molar-refractivity contribution in [3.05, 3.63) is 84.4 Å². The van der Waals surface area contributed by atoms with Gasteiger partial charge in [0.2, 0.25) is 0 Å². The third-order valence-electron chi connectivity index (χ3n) is 3.90. The topological polar surface area (TPSA) is 77.0 Å². The highest BCUT2D eigenvalue weighted by Crippen LogP contribution is 2.22. The number of carbonyl (C=O) groups is 2. The van der Waals surface area contributed by atoms with Crippen LogP contribution < -0.4 is 14.9 Å². The van der Waals surface area contributed by atoms with Crippen molar-refractivity contribution >= 4 is 18.1 Å². The molecule has 3 aromatic carbocycles. The van der Waals surface area contributed by atoms with E-state index in [0.717, 1.165) is 11.1 Å². The molecule has 0 fully saturated rings. The van der Waals surface area contributed by atoms with E-state index in [2.05, 4.69) is 10.5 Å². The van der Waals surface area contributed by atoms with Crippen LogP contribution >= 0.6 is 0 Å². The number of carbonyl (C=O) groups excluding carboxylic acids is 2. The number of benzene rings is 3. The normalized spacial score (nSPS) is 10.5. The Morgan fingerprint density at radius 1 is 0.897 bits per heavy atom. The predicted octanol–water partition coefficient (Wildman–Crippen LogP) is 3.81. The van der Waals surface area contributed by atoms with Crippen molar-refractivity contribution in [2.45, 2.75) is 6.92 Å². The molecule has 146 valence electrons. The summed E-state index contributed by atoms with van der Waals surface area (Å²) in [6.45, 7) is 1.15.